The van der Waals surface area contributed by atoms with Gasteiger partial charge in [0.1, 0.15) is 0 Å². The fourth-order valence-electron chi connectivity index (χ4n) is 2.82. The zero-order valence-corrected chi connectivity index (χ0v) is 11.5. The molecule has 1 fully saturated rings. The van der Waals surface area contributed by atoms with Gasteiger partial charge in [0.25, 0.3) is 0 Å². The molecule has 3 nitrogen and oxygen atoms in total. The molecule has 0 aromatic carbocycles. The molecular formula is C14H27NO2. The highest BCUT2D eigenvalue weighted by molar-refractivity contribution is 5.78. The fourth-order valence-corrected chi connectivity index (χ4v) is 2.82. The number of hydrogen-bond acceptors (Lipinski definition) is 2. The van der Waals surface area contributed by atoms with Crippen molar-refractivity contribution in [1.29, 1.82) is 0 Å². The molecule has 0 spiro atoms. The molecule has 100 valence electrons. The second kappa shape index (κ2) is 7.00. The molecular weight excluding hydrogens is 214 g/mol. The molecule has 17 heavy (non-hydrogen) atoms. The predicted octanol–water partition coefficient (Wildman–Crippen LogP) is 2.43. The molecule has 1 rings (SSSR count). The van der Waals surface area contributed by atoms with Gasteiger partial charge in [-0.25, -0.2) is 0 Å². The molecule has 1 saturated carbocycles. The summed E-state index contributed by atoms with van der Waals surface area (Å²) in [6.45, 7) is 4.47. The Morgan fingerprint density at radius 3 is 2.18 bits per heavy atom. The van der Waals surface area contributed by atoms with E-state index in [4.69, 9.17) is 5.11 Å². The maximum Gasteiger partial charge on any atom is 0.225 e. The van der Waals surface area contributed by atoms with E-state index in [-0.39, 0.29) is 5.92 Å². The fraction of sp³-hybridized carbons (Fsp3) is 0.929. The number of hydrogen-bond donors (Lipinski definition) is 1. The van der Waals surface area contributed by atoms with Gasteiger partial charge in [-0.15, -0.1) is 0 Å². The molecule has 0 heterocycles. The number of carbonyl (C=O) groups excluding carboxylic acids is 1. The summed E-state index contributed by atoms with van der Waals surface area (Å²) in [5, 5.41) is 9.11. The summed E-state index contributed by atoms with van der Waals surface area (Å²) in [6.07, 6.45) is 6.09. The summed E-state index contributed by atoms with van der Waals surface area (Å²) in [5.74, 6) is 0.959. The average molecular weight is 241 g/mol. The summed E-state index contributed by atoms with van der Waals surface area (Å²) in [5.41, 5.74) is 0. The molecule has 0 unspecified atom stereocenters. The highest BCUT2D eigenvalue weighted by atomic mass is 16.3. The van der Waals surface area contributed by atoms with Crippen molar-refractivity contribution in [2.45, 2.75) is 58.4 Å². The second-order valence-corrected chi connectivity index (χ2v) is 5.32. The number of aliphatic hydroxyl groups excluding tert-OH is 1. The first-order valence-corrected chi connectivity index (χ1v) is 7.01. The number of amides is 1. The van der Waals surface area contributed by atoms with E-state index < -0.39 is 0 Å². The van der Waals surface area contributed by atoms with Crippen molar-refractivity contribution in [3.8, 4) is 0 Å². The van der Waals surface area contributed by atoms with Crippen LogP contribution in [0.15, 0.2) is 0 Å². The third-order valence-corrected chi connectivity index (χ3v) is 4.30. The van der Waals surface area contributed by atoms with Crippen molar-refractivity contribution in [3.63, 3.8) is 0 Å². The van der Waals surface area contributed by atoms with Crippen molar-refractivity contribution in [2.24, 2.45) is 11.8 Å². The molecule has 1 aliphatic carbocycles. The minimum Gasteiger partial charge on any atom is -0.396 e. The van der Waals surface area contributed by atoms with Gasteiger partial charge in [0.2, 0.25) is 5.91 Å². The third-order valence-electron chi connectivity index (χ3n) is 4.30. The summed E-state index contributed by atoms with van der Waals surface area (Å²) in [6, 6.07) is 0.394. The van der Waals surface area contributed by atoms with Gasteiger partial charge in [-0.05, 0) is 44.4 Å². The van der Waals surface area contributed by atoms with Crippen molar-refractivity contribution >= 4 is 5.91 Å². The van der Waals surface area contributed by atoms with Crippen LogP contribution in [0, 0.1) is 11.8 Å². The van der Waals surface area contributed by atoms with E-state index in [1.165, 1.54) is 0 Å². The third kappa shape index (κ3) is 3.70. The van der Waals surface area contributed by atoms with Gasteiger partial charge >= 0.3 is 0 Å². The van der Waals surface area contributed by atoms with E-state index in [9.17, 15) is 4.79 Å². The lowest BCUT2D eigenvalue weighted by Gasteiger charge is -2.35. The maximum atomic E-state index is 12.2. The maximum absolute atomic E-state index is 12.2. The average Bonchev–Trinajstić information content (AvgIpc) is 2.39. The number of aliphatic hydroxyl groups is 1. The Labute approximate surface area is 105 Å². The molecule has 1 amide bonds. The number of carbonyl (C=O) groups is 1. The van der Waals surface area contributed by atoms with Gasteiger partial charge < -0.3 is 10.0 Å². The quantitative estimate of drug-likeness (QED) is 0.803. The molecule has 1 aliphatic rings. The van der Waals surface area contributed by atoms with Crippen molar-refractivity contribution in [3.05, 3.63) is 0 Å². The molecule has 0 aromatic heterocycles. The van der Waals surface area contributed by atoms with Crippen molar-refractivity contribution < 1.29 is 9.90 Å². The Balaban J connectivity index is 2.47. The Kier molecular flexibility index (Phi) is 5.96. The van der Waals surface area contributed by atoms with Crippen LogP contribution in [-0.4, -0.2) is 35.6 Å². The minimum atomic E-state index is 0.190. The lowest BCUT2D eigenvalue weighted by molar-refractivity contribution is -0.137. The monoisotopic (exact) mass is 241 g/mol. The largest absolute Gasteiger partial charge is 0.396 e. The van der Waals surface area contributed by atoms with E-state index in [0.717, 1.165) is 38.5 Å². The normalized spacial score (nSPS) is 25.0. The van der Waals surface area contributed by atoms with Crippen LogP contribution in [-0.2, 0) is 4.79 Å². The van der Waals surface area contributed by atoms with Crippen LogP contribution < -0.4 is 0 Å². The molecule has 3 heteroatoms. The SMILES string of the molecule is CCC(CC)C(=O)N(C)C1CCC(CO)CC1. The standard InChI is InChI=1S/C14H27NO2/c1-4-12(5-2)14(17)15(3)13-8-6-11(10-16)7-9-13/h11-13,16H,4-10H2,1-3H3. The minimum absolute atomic E-state index is 0.190. The molecule has 0 aliphatic heterocycles. The van der Waals surface area contributed by atoms with Gasteiger partial charge in [0.15, 0.2) is 0 Å². The zero-order valence-electron chi connectivity index (χ0n) is 11.5. The first-order chi connectivity index (χ1) is 8.13. The van der Waals surface area contributed by atoms with E-state index in [1.807, 2.05) is 11.9 Å². The van der Waals surface area contributed by atoms with E-state index in [2.05, 4.69) is 13.8 Å². The first-order valence-electron chi connectivity index (χ1n) is 7.01. The smallest absolute Gasteiger partial charge is 0.225 e. The van der Waals surface area contributed by atoms with E-state index >= 15 is 0 Å². The highest BCUT2D eigenvalue weighted by Crippen LogP contribution is 2.27. The lowest BCUT2D eigenvalue weighted by Crippen LogP contribution is -2.42. The summed E-state index contributed by atoms with van der Waals surface area (Å²) < 4.78 is 0. The number of nitrogens with zero attached hydrogens (tertiary/aromatic N) is 1. The van der Waals surface area contributed by atoms with Crippen LogP contribution in [0.1, 0.15) is 52.4 Å². The van der Waals surface area contributed by atoms with Gasteiger partial charge in [-0.3, -0.25) is 4.79 Å². The van der Waals surface area contributed by atoms with Crippen LogP contribution in [0.5, 0.6) is 0 Å². The van der Waals surface area contributed by atoms with Gasteiger partial charge in [0.05, 0.1) is 0 Å². The molecule has 0 radical (unpaired) electrons. The molecule has 0 aromatic rings. The Morgan fingerprint density at radius 2 is 1.76 bits per heavy atom. The van der Waals surface area contributed by atoms with Crippen LogP contribution in [0.25, 0.3) is 0 Å². The Morgan fingerprint density at radius 1 is 1.24 bits per heavy atom. The molecule has 0 atom stereocenters. The number of rotatable bonds is 5. The van der Waals surface area contributed by atoms with Crippen molar-refractivity contribution in [1.82, 2.24) is 4.90 Å². The van der Waals surface area contributed by atoms with Gasteiger partial charge in [0, 0.05) is 25.6 Å². The van der Waals surface area contributed by atoms with Crippen LogP contribution in [0.3, 0.4) is 0 Å². The topological polar surface area (TPSA) is 40.5 Å². The zero-order chi connectivity index (χ0) is 12.8. The van der Waals surface area contributed by atoms with Crippen molar-refractivity contribution in [2.75, 3.05) is 13.7 Å². The summed E-state index contributed by atoms with van der Waals surface area (Å²) in [4.78, 5) is 14.2. The summed E-state index contributed by atoms with van der Waals surface area (Å²) >= 11 is 0. The van der Waals surface area contributed by atoms with Crippen LogP contribution in [0.2, 0.25) is 0 Å². The molecule has 0 bridgehead atoms. The molecule has 1 N–H and O–H groups in total. The van der Waals surface area contributed by atoms with Gasteiger partial charge in [-0.2, -0.15) is 0 Å². The lowest BCUT2D eigenvalue weighted by atomic mass is 9.85. The Hall–Kier alpha value is -0.570. The Bertz CT molecular complexity index is 230. The predicted molar refractivity (Wildman–Crippen MR) is 69.7 cm³/mol. The molecule has 0 saturated heterocycles. The highest BCUT2D eigenvalue weighted by Gasteiger charge is 2.28. The second-order valence-electron chi connectivity index (χ2n) is 5.32. The van der Waals surface area contributed by atoms with E-state index in [1.54, 1.807) is 0 Å². The van der Waals surface area contributed by atoms with Crippen LogP contribution in [0.4, 0.5) is 0 Å². The first kappa shape index (κ1) is 14.5. The summed E-state index contributed by atoms with van der Waals surface area (Å²) in [7, 11) is 1.95. The van der Waals surface area contributed by atoms with Crippen LogP contribution >= 0.6 is 0 Å². The van der Waals surface area contributed by atoms with Gasteiger partial charge in [-0.1, -0.05) is 13.8 Å². The van der Waals surface area contributed by atoms with E-state index in [0.29, 0.717) is 24.5 Å².